The lowest BCUT2D eigenvalue weighted by molar-refractivity contribution is -0.135. The summed E-state index contributed by atoms with van der Waals surface area (Å²) in [5, 5.41) is 12.9. The van der Waals surface area contributed by atoms with Crippen molar-refractivity contribution in [3.8, 4) is 5.75 Å². The van der Waals surface area contributed by atoms with E-state index in [0.29, 0.717) is 19.8 Å². The average Bonchev–Trinajstić information content (AvgIpc) is 3.49. The van der Waals surface area contributed by atoms with Crippen LogP contribution in [0.25, 0.3) is 0 Å². The second kappa shape index (κ2) is 11.6. The lowest BCUT2D eigenvalue weighted by atomic mass is 9.44. The normalized spacial score (nSPS) is 33.0. The van der Waals surface area contributed by atoms with Gasteiger partial charge in [0.05, 0.1) is 36.7 Å². The molecule has 0 amide bonds. The molecule has 1 aromatic rings. The number of hydrogen-bond acceptors (Lipinski definition) is 6. The van der Waals surface area contributed by atoms with Crippen molar-refractivity contribution in [2.24, 2.45) is 16.7 Å². The Hall–Kier alpha value is -1.43. The predicted octanol–water partition coefficient (Wildman–Crippen LogP) is 8.35. The molecule has 4 aliphatic rings. The van der Waals surface area contributed by atoms with E-state index in [1.807, 2.05) is 12.1 Å². The molecule has 252 valence electrons. The fourth-order valence-corrected chi connectivity index (χ4v) is 9.89. The van der Waals surface area contributed by atoms with Gasteiger partial charge in [0.25, 0.3) is 0 Å². The van der Waals surface area contributed by atoms with Gasteiger partial charge in [-0.15, -0.1) is 0 Å². The van der Waals surface area contributed by atoms with Crippen LogP contribution in [0.1, 0.15) is 67.7 Å². The molecule has 1 aromatic carbocycles. The third kappa shape index (κ3) is 5.34. The van der Waals surface area contributed by atoms with Gasteiger partial charge in [0, 0.05) is 31.4 Å². The Balaban J connectivity index is 1.69. The molecule has 1 aliphatic carbocycles. The van der Waals surface area contributed by atoms with Crippen LogP contribution in [0, 0.1) is 16.7 Å². The molecule has 2 saturated heterocycles. The van der Waals surface area contributed by atoms with Crippen molar-refractivity contribution in [1.82, 2.24) is 0 Å². The van der Waals surface area contributed by atoms with Crippen molar-refractivity contribution in [2.45, 2.75) is 122 Å². The largest absolute Gasteiger partial charge is 0.497 e. The number of rotatable bonds is 11. The van der Waals surface area contributed by atoms with E-state index in [1.165, 1.54) is 5.57 Å². The zero-order chi connectivity index (χ0) is 33.3. The molecule has 3 heterocycles. The fourth-order valence-electron chi connectivity index (χ4n) is 7.85. The number of unbranched alkanes of at least 4 members (excludes halogenated alkanes) is 1. The van der Waals surface area contributed by atoms with Crippen LogP contribution in [-0.4, -0.2) is 73.0 Å². The van der Waals surface area contributed by atoms with Crippen LogP contribution in [0.4, 0.5) is 5.69 Å². The van der Waals surface area contributed by atoms with Crippen LogP contribution in [0.15, 0.2) is 48.1 Å². The summed E-state index contributed by atoms with van der Waals surface area (Å²) in [4.78, 5) is 2.46. The lowest BCUT2D eigenvalue weighted by Gasteiger charge is -2.64. The van der Waals surface area contributed by atoms with Gasteiger partial charge in [0.1, 0.15) is 11.4 Å². The van der Waals surface area contributed by atoms with Crippen molar-refractivity contribution >= 4 is 22.3 Å². The molecule has 3 aliphatic heterocycles. The first-order valence-electron chi connectivity index (χ1n) is 17.2. The molecule has 45 heavy (non-hydrogen) atoms. The number of benzene rings is 1. The monoisotopic (exact) mass is 655 g/mol. The third-order valence-electron chi connectivity index (χ3n) is 12.8. The minimum atomic E-state index is -2.16. The minimum absolute atomic E-state index is 0.0354. The van der Waals surface area contributed by atoms with Crippen molar-refractivity contribution in [3.05, 3.63) is 48.1 Å². The first-order valence-corrected chi connectivity index (χ1v) is 23.1. The van der Waals surface area contributed by atoms with Gasteiger partial charge in [-0.2, -0.15) is 0 Å². The van der Waals surface area contributed by atoms with Crippen LogP contribution in [0.2, 0.25) is 36.3 Å². The summed E-state index contributed by atoms with van der Waals surface area (Å²) >= 11 is 0. The number of anilines is 1. The Labute approximate surface area is 275 Å². The second-order valence-corrected chi connectivity index (χ2v) is 26.9. The number of aliphatic hydroxyl groups excluding tert-OH is 1. The maximum absolute atomic E-state index is 12.8. The highest BCUT2D eigenvalue weighted by Gasteiger charge is 2.80. The Morgan fingerprint density at radius 1 is 0.956 bits per heavy atom. The molecule has 2 fully saturated rings. The number of methoxy groups -OCH3 is 1. The first-order chi connectivity index (χ1) is 20.8. The topological polar surface area (TPSA) is 60.4 Å². The van der Waals surface area contributed by atoms with E-state index in [1.54, 1.807) is 7.11 Å². The summed E-state index contributed by atoms with van der Waals surface area (Å²) in [5.74, 6) is 0.888. The van der Waals surface area contributed by atoms with Gasteiger partial charge in [0.2, 0.25) is 0 Å². The number of piperidine rings is 1. The van der Waals surface area contributed by atoms with Crippen molar-refractivity contribution in [1.29, 1.82) is 0 Å². The Morgan fingerprint density at radius 3 is 2.11 bits per heavy atom. The molecule has 2 bridgehead atoms. The average molecular weight is 656 g/mol. The molecular weight excluding hydrogens is 595 g/mol. The van der Waals surface area contributed by atoms with Gasteiger partial charge in [-0.1, -0.05) is 79.5 Å². The molecule has 0 saturated carbocycles. The molecule has 6 atom stereocenters. The van der Waals surface area contributed by atoms with E-state index < -0.39 is 39.2 Å². The quantitative estimate of drug-likeness (QED) is 0.191. The van der Waals surface area contributed by atoms with E-state index in [0.717, 1.165) is 37.2 Å². The summed E-state index contributed by atoms with van der Waals surface area (Å²) < 4.78 is 27.3. The molecule has 0 radical (unpaired) electrons. The molecule has 6 nitrogen and oxygen atoms in total. The van der Waals surface area contributed by atoms with Crippen LogP contribution in [-0.2, 0) is 13.6 Å². The van der Waals surface area contributed by atoms with E-state index in [-0.39, 0.29) is 22.1 Å². The van der Waals surface area contributed by atoms with Crippen molar-refractivity contribution in [2.75, 3.05) is 38.3 Å². The standard InChI is InChI=1S/C37H61NO5Si2/c1-13-14-15-27-22-28-23-38(29-16-18-30(40-8)19-17-29)24-35-21-20-31(43-35)36(32(27)39,25-41-44(9,10)33(2,3)4)37(28,35)26-42-45(11,12)34(5,6)7/h16-22,27,31-32,39H,13-15,23-26H2,1-12H3/t27-,31+,32-,35+,36-,37-/m0/s1. The van der Waals surface area contributed by atoms with Crippen LogP contribution in [0.3, 0.4) is 0 Å². The summed E-state index contributed by atoms with van der Waals surface area (Å²) in [5.41, 5.74) is 0.672. The van der Waals surface area contributed by atoms with Gasteiger partial charge >= 0.3 is 0 Å². The predicted molar refractivity (Wildman–Crippen MR) is 190 cm³/mol. The van der Waals surface area contributed by atoms with Gasteiger partial charge in [-0.05, 0) is 72.5 Å². The number of nitrogens with zero attached hydrogens (tertiary/aromatic N) is 1. The number of ether oxygens (including phenoxy) is 2. The highest BCUT2D eigenvalue weighted by atomic mass is 28.4. The SMILES string of the molecule is CCCC[C@H]1C=C2CN(c3ccc(OC)cc3)C[C@@]34C=C[C@@H](O3)[C@@](CO[Si](C)(C)C(C)(C)C)([C@H]1O)[C@@]24CO[Si](C)(C)C(C)(C)C. The molecule has 8 heteroatoms. The van der Waals surface area contributed by atoms with Gasteiger partial charge in [0.15, 0.2) is 16.6 Å². The Kier molecular flexibility index (Phi) is 9.01. The summed E-state index contributed by atoms with van der Waals surface area (Å²) in [7, 11) is -2.60. The Morgan fingerprint density at radius 2 is 1.56 bits per heavy atom. The highest BCUT2D eigenvalue weighted by molar-refractivity contribution is 6.74. The van der Waals surface area contributed by atoms with Crippen LogP contribution in [0.5, 0.6) is 5.75 Å². The maximum Gasteiger partial charge on any atom is 0.192 e. The number of fused-ring (bicyclic) bond motifs is 2. The van der Waals surface area contributed by atoms with Crippen LogP contribution >= 0.6 is 0 Å². The number of hydrogen-bond donors (Lipinski definition) is 1. The maximum atomic E-state index is 12.8. The van der Waals surface area contributed by atoms with E-state index in [9.17, 15) is 5.11 Å². The molecule has 1 spiro atoms. The summed E-state index contributed by atoms with van der Waals surface area (Å²) in [6, 6.07) is 8.39. The Bertz CT molecular complexity index is 1300. The highest BCUT2D eigenvalue weighted by Crippen LogP contribution is 2.72. The molecule has 0 unspecified atom stereocenters. The fraction of sp³-hybridized carbons (Fsp3) is 0.730. The van der Waals surface area contributed by atoms with Crippen molar-refractivity contribution < 1.29 is 23.4 Å². The molecule has 1 N–H and O–H groups in total. The lowest BCUT2D eigenvalue weighted by Crippen LogP contribution is -2.73. The summed E-state index contributed by atoms with van der Waals surface area (Å²) in [6.45, 7) is 27.9. The molecule has 0 aromatic heterocycles. The van der Waals surface area contributed by atoms with Gasteiger partial charge < -0.3 is 28.3 Å². The second-order valence-electron chi connectivity index (χ2n) is 17.3. The minimum Gasteiger partial charge on any atom is -0.497 e. The zero-order valence-electron chi connectivity index (χ0n) is 30.3. The molecular formula is C37H61NO5Si2. The van der Waals surface area contributed by atoms with E-state index in [4.69, 9.17) is 18.3 Å². The third-order valence-corrected chi connectivity index (χ3v) is 21.8. The van der Waals surface area contributed by atoms with Gasteiger partial charge in [-0.25, -0.2) is 0 Å². The molecule has 5 rings (SSSR count). The first kappa shape index (κ1) is 34.9. The van der Waals surface area contributed by atoms with E-state index >= 15 is 0 Å². The summed E-state index contributed by atoms with van der Waals surface area (Å²) in [6.07, 6.45) is 9.30. The van der Waals surface area contributed by atoms with Crippen molar-refractivity contribution in [3.63, 3.8) is 0 Å². The smallest absolute Gasteiger partial charge is 0.192 e. The van der Waals surface area contributed by atoms with E-state index in [2.05, 4.69) is 110 Å². The number of aliphatic hydroxyl groups is 1. The van der Waals surface area contributed by atoms with Gasteiger partial charge in [-0.3, -0.25) is 0 Å². The van der Waals surface area contributed by atoms with Crippen LogP contribution < -0.4 is 9.64 Å². The zero-order valence-corrected chi connectivity index (χ0v) is 32.3.